The monoisotopic (exact) mass is 1410 g/mol. The molecule has 0 aromatic heterocycles. The number of aliphatic carboxylic acids is 2. The lowest BCUT2D eigenvalue weighted by atomic mass is 10.0. The number of carboxylic acids is 2. The van der Waals surface area contributed by atoms with Crippen LogP contribution in [0.25, 0.3) is 0 Å². The molecule has 0 unspecified atom stereocenters. The summed E-state index contributed by atoms with van der Waals surface area (Å²) in [5, 5.41) is 16.3. The van der Waals surface area contributed by atoms with Crippen LogP contribution >= 0.6 is 7.26 Å². The molecule has 0 radical (unpaired) electrons. The van der Waals surface area contributed by atoms with Gasteiger partial charge in [0, 0.05) is 7.26 Å². The molecule has 0 bridgehead atoms. The van der Waals surface area contributed by atoms with Crippen LogP contribution in [0.15, 0.2) is 0 Å². The number of unbranched alkanes of at least 4 members (excludes halogenated alkanes) is 80. The summed E-state index contributed by atoms with van der Waals surface area (Å²) in [5.41, 5.74) is 0. The summed E-state index contributed by atoms with van der Waals surface area (Å²) in [4.78, 5) is 18.0. The third-order valence-electron chi connectivity index (χ3n) is 23.1. The van der Waals surface area contributed by atoms with Gasteiger partial charge in [0.25, 0.3) is 0 Å². The summed E-state index contributed by atoms with van der Waals surface area (Å²) >= 11 is 0. The lowest BCUT2D eigenvalue weighted by molar-refractivity contribution is -0.303. The lowest BCUT2D eigenvalue weighted by Crippen LogP contribution is -2.30. The molecule has 594 valence electrons. The molecular weight excluding hydrogens is 1220 g/mol. The van der Waals surface area contributed by atoms with Gasteiger partial charge in [-0.05, 0) is 51.4 Å². The third-order valence-corrected chi connectivity index (χ3v) is 28.2. The summed E-state index contributed by atoms with van der Waals surface area (Å²) < 4.78 is 0. The highest BCUT2D eigenvalue weighted by molar-refractivity contribution is 7.75. The summed E-state index contributed by atoms with van der Waals surface area (Å²) in [5.74, 6) is -4.01. The molecule has 0 aliphatic rings. The average Bonchev–Trinajstić information content (AvgIpc) is 0.917. The van der Waals surface area contributed by atoms with Crippen molar-refractivity contribution in [2.24, 2.45) is 0 Å². The molecule has 5 heteroatoms. The fourth-order valence-corrected chi connectivity index (χ4v) is 21.1. The third kappa shape index (κ3) is 89.7. The van der Waals surface area contributed by atoms with Gasteiger partial charge in [0.2, 0.25) is 0 Å². The lowest BCUT2D eigenvalue weighted by Gasteiger charge is -2.28. The van der Waals surface area contributed by atoms with Crippen LogP contribution in [-0.2, 0) is 9.59 Å². The van der Waals surface area contributed by atoms with Gasteiger partial charge in [-0.3, -0.25) is 0 Å². The molecule has 0 aliphatic heterocycles. The fraction of sp³-hybridized carbons (Fsp3) is 0.979. The molecule has 0 heterocycles. The minimum atomic E-state index is -2.07. The van der Waals surface area contributed by atoms with Crippen LogP contribution < -0.4 is 5.11 Å². The highest BCUT2D eigenvalue weighted by atomic mass is 31.2. The number of hydrogen-bond donors (Lipinski definition) is 1. The number of carbonyl (C=O) groups excluding carboxylic acids is 1. The summed E-state index contributed by atoms with van der Waals surface area (Å²) in [6.07, 6.45) is 132. The van der Waals surface area contributed by atoms with Gasteiger partial charge in [-0.2, -0.15) is 0 Å². The molecule has 0 spiro atoms. The maximum absolute atomic E-state index is 9.04. The normalized spacial score (nSPS) is 11.7. The number of carbonyl (C=O) groups is 2. The van der Waals surface area contributed by atoms with Crippen LogP contribution in [0.1, 0.15) is 567 Å². The maximum Gasteiger partial charge on any atom is 0.351 e. The van der Waals surface area contributed by atoms with Crippen LogP contribution in [0.4, 0.5) is 0 Å². The van der Waals surface area contributed by atoms with Crippen molar-refractivity contribution in [3.63, 3.8) is 0 Å². The van der Waals surface area contributed by atoms with Crippen molar-refractivity contribution in [3.8, 4) is 0 Å². The number of carboxylic acid groups (broad SMARTS) is 2. The van der Waals surface area contributed by atoms with Gasteiger partial charge in [0.15, 0.2) is 5.97 Å². The smallest absolute Gasteiger partial charge is 0.351 e. The first-order valence-corrected chi connectivity index (χ1v) is 49.7. The Kier molecular flexibility index (Phi) is 92.9. The van der Waals surface area contributed by atoms with E-state index in [0.29, 0.717) is 0 Å². The Morgan fingerprint density at radius 1 is 0.172 bits per heavy atom. The highest BCUT2D eigenvalue weighted by Gasteiger charge is 2.35. The zero-order valence-corrected chi connectivity index (χ0v) is 70.2. The minimum Gasteiger partial charge on any atom is -0.539 e. The van der Waals surface area contributed by atoms with E-state index in [2.05, 4.69) is 27.7 Å². The highest BCUT2D eigenvalue weighted by Crippen LogP contribution is 2.61. The van der Waals surface area contributed by atoms with E-state index in [1.165, 1.54) is 488 Å². The van der Waals surface area contributed by atoms with Crippen molar-refractivity contribution >= 4 is 19.2 Å². The van der Waals surface area contributed by atoms with E-state index >= 15 is 0 Å². The molecule has 0 rings (SSSR count). The molecule has 0 aliphatic carbocycles. The van der Waals surface area contributed by atoms with Gasteiger partial charge in [-0.15, -0.1) is 0 Å². The van der Waals surface area contributed by atoms with E-state index < -0.39 is 19.2 Å². The van der Waals surface area contributed by atoms with Crippen LogP contribution in [-0.4, -0.2) is 41.7 Å². The first-order valence-electron chi connectivity index (χ1n) is 47.2. The Morgan fingerprint density at radius 3 is 0.313 bits per heavy atom. The van der Waals surface area contributed by atoms with Crippen molar-refractivity contribution in [2.75, 3.05) is 24.6 Å². The minimum absolute atomic E-state index is 0.876. The Hall–Kier alpha value is -0.630. The predicted octanol–water partition coefficient (Wildman–Crippen LogP) is 33.7. The largest absolute Gasteiger partial charge is 0.539 e. The Bertz CT molecular complexity index is 1250. The summed E-state index contributed by atoms with van der Waals surface area (Å²) in [6, 6.07) is 0. The van der Waals surface area contributed by atoms with E-state index in [-0.39, 0.29) is 0 Å². The Balaban J connectivity index is 0. The number of hydrogen-bond acceptors (Lipinski definition) is 3. The van der Waals surface area contributed by atoms with Crippen molar-refractivity contribution in [1.82, 2.24) is 0 Å². The van der Waals surface area contributed by atoms with E-state index in [1.807, 2.05) is 0 Å². The van der Waals surface area contributed by atoms with Gasteiger partial charge in [0.1, 0.15) is 0 Å². The van der Waals surface area contributed by atoms with E-state index in [0.717, 1.165) is 0 Å². The van der Waals surface area contributed by atoms with Gasteiger partial charge in [0.05, 0.1) is 24.6 Å². The first-order chi connectivity index (χ1) is 48.9. The molecular formula is C94H189O4P. The van der Waals surface area contributed by atoms with E-state index in [9.17, 15) is 0 Å². The van der Waals surface area contributed by atoms with Crippen LogP contribution in [0, 0.1) is 0 Å². The first kappa shape index (κ1) is 100. The molecule has 0 aromatic carbocycles. The Labute approximate surface area is 627 Å². The van der Waals surface area contributed by atoms with Crippen molar-refractivity contribution < 1.29 is 19.8 Å². The maximum atomic E-state index is 9.04. The molecule has 0 amide bonds. The van der Waals surface area contributed by atoms with Gasteiger partial charge in [-0.1, -0.05) is 516 Å². The fourth-order valence-electron chi connectivity index (χ4n) is 16.2. The molecule has 0 saturated heterocycles. The molecule has 0 fully saturated rings. The van der Waals surface area contributed by atoms with Crippen molar-refractivity contribution in [1.29, 1.82) is 0 Å². The van der Waals surface area contributed by atoms with E-state index in [1.54, 1.807) is 76.0 Å². The summed E-state index contributed by atoms with van der Waals surface area (Å²) in [7, 11) is -0.876. The summed E-state index contributed by atoms with van der Waals surface area (Å²) in [6.45, 7) is 9.33. The quantitative estimate of drug-likeness (QED) is 0.0374. The zero-order chi connectivity index (χ0) is 71.9. The van der Waals surface area contributed by atoms with Gasteiger partial charge >= 0.3 is 5.97 Å². The second-order valence-electron chi connectivity index (χ2n) is 33.1. The van der Waals surface area contributed by atoms with Crippen molar-refractivity contribution in [2.45, 2.75) is 567 Å². The second-order valence-corrected chi connectivity index (χ2v) is 37.6. The Morgan fingerprint density at radius 2 is 0.242 bits per heavy atom. The molecule has 0 saturated carbocycles. The SMILES string of the molecule is CCCCCCCCCCCCCCCCCCCCCCC[P+](CCCCCCCCCCCCCCCCCCCCCCC)(CCCCCCCCCCCCCCCCCCCCCCC)CCCCCCCCCCCCCCCCCCCCCCC.O=C([O-])C(=O)O. The number of rotatable bonds is 88. The standard InChI is InChI=1S/C92H188P.C2H2O4/c1-5-9-13-17-21-25-29-33-37-41-45-49-53-57-61-65-69-73-77-81-85-89-93(90-86-82-78-74-70-66-62-58-54-50-46-42-38-34-30-26-22-18-14-10-6-2,91-87-83-79-75-71-67-63-59-55-51-47-43-39-35-31-27-23-19-15-11-7-3)92-88-84-80-76-72-68-64-60-56-52-48-44-40-36-32-28-24-20-16-12-8-4;3-1(4)2(5)6/h5-92H2,1-4H3;(H,3,4)(H,5,6)/q+1;/p-1. The molecule has 99 heavy (non-hydrogen) atoms. The topological polar surface area (TPSA) is 77.4 Å². The zero-order valence-electron chi connectivity index (χ0n) is 69.3. The molecule has 4 nitrogen and oxygen atoms in total. The van der Waals surface area contributed by atoms with E-state index in [4.69, 9.17) is 19.8 Å². The second kappa shape index (κ2) is 91.6. The van der Waals surface area contributed by atoms with Crippen LogP contribution in [0.3, 0.4) is 0 Å². The van der Waals surface area contributed by atoms with Gasteiger partial charge in [-0.25, -0.2) is 4.79 Å². The average molecular weight is 1410 g/mol. The predicted molar refractivity (Wildman–Crippen MR) is 450 cm³/mol. The van der Waals surface area contributed by atoms with Gasteiger partial charge < -0.3 is 15.0 Å². The molecule has 0 atom stereocenters. The van der Waals surface area contributed by atoms with Crippen molar-refractivity contribution in [3.05, 3.63) is 0 Å². The molecule has 0 aromatic rings. The van der Waals surface area contributed by atoms with Crippen LogP contribution in [0.2, 0.25) is 0 Å². The van der Waals surface area contributed by atoms with Crippen LogP contribution in [0.5, 0.6) is 0 Å². The molecule has 1 N–H and O–H groups in total.